The van der Waals surface area contributed by atoms with E-state index in [0.29, 0.717) is 37.6 Å². The van der Waals surface area contributed by atoms with Crippen molar-refractivity contribution in [3.63, 3.8) is 0 Å². The molecule has 9 heteroatoms. The number of imidazole rings is 1. The van der Waals surface area contributed by atoms with E-state index in [1.54, 1.807) is 58.6 Å². The van der Waals surface area contributed by atoms with Gasteiger partial charge in [-0.2, -0.15) is 0 Å². The predicted molar refractivity (Wildman–Crippen MR) is 105 cm³/mol. The monoisotopic (exact) mass is 408 g/mol. The molecule has 1 aliphatic rings. The first-order chi connectivity index (χ1) is 14.6. The minimum Gasteiger partial charge on any atom is -0.459 e. The summed E-state index contributed by atoms with van der Waals surface area (Å²) < 4.78 is 10.3. The summed E-state index contributed by atoms with van der Waals surface area (Å²) in [6.45, 7) is 1.20. The maximum atomic E-state index is 12.4. The highest BCUT2D eigenvalue weighted by Gasteiger charge is 2.26. The Bertz CT molecular complexity index is 1000. The van der Waals surface area contributed by atoms with Gasteiger partial charge in [0.2, 0.25) is 0 Å². The summed E-state index contributed by atoms with van der Waals surface area (Å²) in [7, 11) is 0. The number of aromatic nitrogens is 2. The summed E-state index contributed by atoms with van der Waals surface area (Å²) >= 11 is 0. The minimum absolute atomic E-state index is 0.198. The number of nitrogens with one attached hydrogen (secondary N) is 1. The van der Waals surface area contributed by atoms with Crippen LogP contribution < -0.4 is 0 Å². The number of rotatable bonds is 5. The van der Waals surface area contributed by atoms with Crippen molar-refractivity contribution in [2.24, 2.45) is 0 Å². The van der Waals surface area contributed by atoms with E-state index < -0.39 is 5.97 Å². The Morgan fingerprint density at radius 3 is 2.40 bits per heavy atom. The molecule has 1 N–H and O–H groups in total. The fraction of sp³-hybridized carbons (Fsp3) is 0.238. The summed E-state index contributed by atoms with van der Waals surface area (Å²) in [4.78, 5) is 47.2. The number of amides is 2. The molecule has 4 rings (SSSR count). The average Bonchev–Trinajstić information content (AvgIpc) is 3.51. The van der Waals surface area contributed by atoms with E-state index in [4.69, 9.17) is 9.15 Å². The molecular weight excluding hydrogens is 388 g/mol. The fourth-order valence-electron chi connectivity index (χ4n) is 3.20. The molecule has 0 spiro atoms. The Morgan fingerprint density at radius 2 is 1.77 bits per heavy atom. The number of piperazine rings is 1. The molecule has 1 saturated heterocycles. The van der Waals surface area contributed by atoms with Gasteiger partial charge in [0.1, 0.15) is 5.82 Å². The van der Waals surface area contributed by atoms with Crippen LogP contribution in [0, 0.1) is 0 Å². The van der Waals surface area contributed by atoms with Crippen LogP contribution in [0.4, 0.5) is 0 Å². The minimum atomic E-state index is -0.569. The van der Waals surface area contributed by atoms with E-state index in [0.717, 1.165) is 5.56 Å². The van der Waals surface area contributed by atoms with Crippen molar-refractivity contribution in [3.8, 4) is 11.4 Å². The molecule has 1 aromatic carbocycles. The molecule has 2 amide bonds. The summed E-state index contributed by atoms with van der Waals surface area (Å²) in [6.07, 6.45) is 4.82. The van der Waals surface area contributed by atoms with E-state index in [1.165, 1.54) is 6.26 Å². The normalized spacial score (nSPS) is 13.9. The van der Waals surface area contributed by atoms with Crippen LogP contribution in [-0.4, -0.2) is 70.3 Å². The van der Waals surface area contributed by atoms with Crippen molar-refractivity contribution in [1.29, 1.82) is 0 Å². The molecule has 9 nitrogen and oxygen atoms in total. The van der Waals surface area contributed by atoms with Gasteiger partial charge in [-0.05, 0) is 24.3 Å². The number of furan rings is 1. The third-order valence-corrected chi connectivity index (χ3v) is 4.87. The molecule has 1 aliphatic heterocycles. The van der Waals surface area contributed by atoms with Crippen molar-refractivity contribution < 1.29 is 23.5 Å². The Kier molecular flexibility index (Phi) is 5.60. The summed E-state index contributed by atoms with van der Waals surface area (Å²) in [5, 5.41) is 0. The van der Waals surface area contributed by atoms with Gasteiger partial charge >= 0.3 is 5.97 Å². The van der Waals surface area contributed by atoms with Gasteiger partial charge in [0.05, 0.1) is 11.8 Å². The quantitative estimate of drug-likeness (QED) is 0.645. The number of hydrogen-bond donors (Lipinski definition) is 1. The van der Waals surface area contributed by atoms with Gasteiger partial charge in [-0.1, -0.05) is 12.1 Å². The SMILES string of the molecule is O=C(OCC(=O)N1CCN(C(=O)c2ccco2)CC1)c1ccc(-c2ncc[nH]2)cc1. The average molecular weight is 408 g/mol. The zero-order chi connectivity index (χ0) is 20.9. The molecule has 1 fully saturated rings. The number of benzene rings is 1. The lowest BCUT2D eigenvalue weighted by atomic mass is 10.1. The molecule has 3 aromatic rings. The van der Waals surface area contributed by atoms with Crippen LogP contribution in [-0.2, 0) is 9.53 Å². The zero-order valence-corrected chi connectivity index (χ0v) is 16.1. The van der Waals surface area contributed by atoms with Crippen LogP contribution in [0.15, 0.2) is 59.5 Å². The number of nitrogens with zero attached hydrogens (tertiary/aromatic N) is 3. The standard InChI is InChI=1S/C21H20N4O5/c26-18(24-9-11-25(12-10-24)20(27)17-2-1-13-29-17)14-30-21(28)16-5-3-15(4-6-16)19-22-7-8-23-19/h1-8,13H,9-12,14H2,(H,22,23). The lowest BCUT2D eigenvalue weighted by Gasteiger charge is -2.34. The summed E-state index contributed by atoms with van der Waals surface area (Å²) in [5.41, 5.74) is 1.20. The van der Waals surface area contributed by atoms with Crippen LogP contribution in [0.5, 0.6) is 0 Å². The van der Waals surface area contributed by atoms with E-state index in [1.807, 2.05) is 0 Å². The molecule has 0 saturated carbocycles. The van der Waals surface area contributed by atoms with Crippen molar-refractivity contribution in [3.05, 3.63) is 66.4 Å². The number of carbonyl (C=O) groups excluding carboxylic acids is 3. The number of esters is 1. The number of ether oxygens (including phenoxy) is 1. The van der Waals surface area contributed by atoms with Gasteiger partial charge < -0.3 is 23.9 Å². The van der Waals surface area contributed by atoms with E-state index in [-0.39, 0.29) is 24.2 Å². The largest absolute Gasteiger partial charge is 0.459 e. The second-order valence-corrected chi connectivity index (χ2v) is 6.74. The van der Waals surface area contributed by atoms with Crippen LogP contribution in [0.1, 0.15) is 20.9 Å². The van der Waals surface area contributed by atoms with Gasteiger partial charge in [-0.3, -0.25) is 9.59 Å². The van der Waals surface area contributed by atoms with Crippen molar-refractivity contribution in [2.45, 2.75) is 0 Å². The van der Waals surface area contributed by atoms with Gasteiger partial charge in [0, 0.05) is 44.1 Å². The number of aromatic amines is 1. The number of H-pyrrole nitrogens is 1. The number of carbonyl (C=O) groups is 3. The highest BCUT2D eigenvalue weighted by Crippen LogP contribution is 2.16. The Hall–Kier alpha value is -3.88. The fourth-order valence-corrected chi connectivity index (χ4v) is 3.20. The molecule has 0 bridgehead atoms. The van der Waals surface area contributed by atoms with Gasteiger partial charge in [-0.25, -0.2) is 9.78 Å². The van der Waals surface area contributed by atoms with Crippen molar-refractivity contribution in [2.75, 3.05) is 32.8 Å². The highest BCUT2D eigenvalue weighted by atomic mass is 16.5. The lowest BCUT2D eigenvalue weighted by molar-refractivity contribution is -0.136. The van der Waals surface area contributed by atoms with Gasteiger partial charge in [-0.15, -0.1) is 0 Å². The molecule has 0 radical (unpaired) electrons. The Balaban J connectivity index is 1.25. The molecule has 0 aliphatic carbocycles. The Labute approximate surface area is 172 Å². The third kappa shape index (κ3) is 4.24. The van der Waals surface area contributed by atoms with Crippen LogP contribution in [0.2, 0.25) is 0 Å². The molecule has 0 unspecified atom stereocenters. The summed E-state index contributed by atoms with van der Waals surface area (Å²) in [5.74, 6) is -0.0744. The Morgan fingerprint density at radius 1 is 1.03 bits per heavy atom. The molecule has 154 valence electrons. The first-order valence-electron chi connectivity index (χ1n) is 9.49. The van der Waals surface area contributed by atoms with Crippen LogP contribution in [0.3, 0.4) is 0 Å². The molecule has 30 heavy (non-hydrogen) atoms. The number of hydrogen-bond acceptors (Lipinski definition) is 6. The maximum Gasteiger partial charge on any atom is 0.338 e. The van der Waals surface area contributed by atoms with Gasteiger partial charge in [0.15, 0.2) is 12.4 Å². The highest BCUT2D eigenvalue weighted by molar-refractivity contribution is 5.92. The van der Waals surface area contributed by atoms with Crippen LogP contribution in [0.25, 0.3) is 11.4 Å². The maximum absolute atomic E-state index is 12.4. The molecule has 3 heterocycles. The second kappa shape index (κ2) is 8.64. The first-order valence-corrected chi connectivity index (χ1v) is 9.49. The predicted octanol–water partition coefficient (Wildman–Crippen LogP) is 1.81. The molecule has 2 aromatic heterocycles. The van der Waals surface area contributed by atoms with Crippen molar-refractivity contribution in [1.82, 2.24) is 19.8 Å². The zero-order valence-electron chi connectivity index (χ0n) is 16.1. The van der Waals surface area contributed by atoms with Crippen LogP contribution >= 0.6 is 0 Å². The van der Waals surface area contributed by atoms with E-state index in [2.05, 4.69) is 9.97 Å². The lowest BCUT2D eigenvalue weighted by Crippen LogP contribution is -2.51. The summed E-state index contributed by atoms with van der Waals surface area (Å²) in [6, 6.07) is 10.0. The topological polar surface area (TPSA) is 109 Å². The smallest absolute Gasteiger partial charge is 0.338 e. The second-order valence-electron chi connectivity index (χ2n) is 6.74. The third-order valence-electron chi connectivity index (χ3n) is 4.87. The van der Waals surface area contributed by atoms with Gasteiger partial charge in [0.25, 0.3) is 11.8 Å². The van der Waals surface area contributed by atoms with E-state index in [9.17, 15) is 14.4 Å². The molecular formula is C21H20N4O5. The van der Waals surface area contributed by atoms with E-state index >= 15 is 0 Å². The van der Waals surface area contributed by atoms with Crippen molar-refractivity contribution >= 4 is 17.8 Å². The molecule has 0 atom stereocenters. The first kappa shape index (κ1) is 19.4.